The molecule has 47 valence electrons. The van der Waals surface area contributed by atoms with Gasteiger partial charge in [0.2, 0.25) is 0 Å². The van der Waals surface area contributed by atoms with Crippen molar-refractivity contribution in [3.05, 3.63) is 18.1 Å². The summed E-state index contributed by atoms with van der Waals surface area (Å²) in [5.74, 6) is 0. The van der Waals surface area contributed by atoms with Crippen molar-refractivity contribution in [1.29, 1.82) is 0 Å². The lowest BCUT2D eigenvalue weighted by Crippen LogP contribution is -1.78. The van der Waals surface area contributed by atoms with Gasteiger partial charge in [0.1, 0.15) is 0 Å². The Hall–Kier alpha value is -0.260. The Bertz CT molecular complexity index is 70.1. The molecule has 0 heterocycles. The van der Waals surface area contributed by atoms with E-state index in [1.807, 2.05) is 0 Å². The Balaban J connectivity index is 3.38. The SMILES string of the molecule is C/C=C(/[CH]CC)CC. The highest BCUT2D eigenvalue weighted by atomic mass is 13.9. The molecule has 0 aliphatic rings. The fourth-order valence-corrected chi connectivity index (χ4v) is 0.729. The summed E-state index contributed by atoms with van der Waals surface area (Å²) < 4.78 is 0. The van der Waals surface area contributed by atoms with Gasteiger partial charge < -0.3 is 0 Å². The molecule has 0 aromatic rings. The largest absolute Gasteiger partial charge is 0.0882 e. The van der Waals surface area contributed by atoms with Crippen LogP contribution in [0.4, 0.5) is 0 Å². The molecule has 8 heavy (non-hydrogen) atoms. The molecular formula is C8H15. The predicted molar refractivity (Wildman–Crippen MR) is 38.6 cm³/mol. The second-order valence-electron chi connectivity index (χ2n) is 1.83. The van der Waals surface area contributed by atoms with Gasteiger partial charge in [-0.3, -0.25) is 0 Å². The van der Waals surface area contributed by atoms with Gasteiger partial charge >= 0.3 is 0 Å². The van der Waals surface area contributed by atoms with E-state index in [0.29, 0.717) is 0 Å². The Labute approximate surface area is 52.6 Å². The zero-order valence-corrected chi connectivity index (χ0v) is 6.07. The van der Waals surface area contributed by atoms with Gasteiger partial charge in [-0.2, -0.15) is 0 Å². The van der Waals surface area contributed by atoms with E-state index in [2.05, 4.69) is 33.3 Å². The third kappa shape index (κ3) is 2.84. The third-order valence-corrected chi connectivity index (χ3v) is 1.25. The van der Waals surface area contributed by atoms with Crippen LogP contribution in [0.15, 0.2) is 11.6 Å². The van der Waals surface area contributed by atoms with Crippen molar-refractivity contribution in [2.24, 2.45) is 0 Å². The highest BCUT2D eigenvalue weighted by Crippen LogP contribution is 2.05. The van der Waals surface area contributed by atoms with Crippen LogP contribution in [0, 0.1) is 6.42 Å². The molecule has 0 amide bonds. The van der Waals surface area contributed by atoms with Crippen LogP contribution in [0.25, 0.3) is 0 Å². The molecule has 1 radical (unpaired) electrons. The maximum atomic E-state index is 2.26. The average molecular weight is 111 g/mol. The van der Waals surface area contributed by atoms with Crippen LogP contribution in [-0.4, -0.2) is 0 Å². The maximum Gasteiger partial charge on any atom is -0.0141 e. The van der Waals surface area contributed by atoms with Gasteiger partial charge in [-0.1, -0.05) is 25.5 Å². The van der Waals surface area contributed by atoms with Gasteiger partial charge in [0, 0.05) is 0 Å². The van der Waals surface area contributed by atoms with Gasteiger partial charge in [-0.25, -0.2) is 0 Å². The lowest BCUT2D eigenvalue weighted by atomic mass is 10.1. The lowest BCUT2D eigenvalue weighted by molar-refractivity contribution is 1.02. The highest BCUT2D eigenvalue weighted by molar-refractivity contribution is 5.10. The molecule has 0 bridgehead atoms. The Morgan fingerprint density at radius 3 is 2.12 bits per heavy atom. The van der Waals surface area contributed by atoms with Crippen LogP contribution in [0.1, 0.15) is 33.6 Å². The first-order chi connectivity index (χ1) is 3.85. The van der Waals surface area contributed by atoms with Gasteiger partial charge in [0.15, 0.2) is 0 Å². The number of allylic oxidation sites excluding steroid dienone is 2. The maximum absolute atomic E-state index is 2.26. The van der Waals surface area contributed by atoms with Crippen LogP contribution in [0.3, 0.4) is 0 Å². The summed E-state index contributed by atoms with van der Waals surface area (Å²) in [5, 5.41) is 0. The van der Waals surface area contributed by atoms with Gasteiger partial charge in [0.05, 0.1) is 0 Å². The average Bonchev–Trinajstić information content (AvgIpc) is 1.83. The quantitative estimate of drug-likeness (QED) is 0.525. The first kappa shape index (κ1) is 7.74. The Kier molecular flexibility index (Phi) is 4.73. The van der Waals surface area contributed by atoms with Crippen LogP contribution >= 0.6 is 0 Å². The molecule has 0 atom stereocenters. The van der Waals surface area contributed by atoms with Crippen LogP contribution in [0.5, 0.6) is 0 Å². The van der Waals surface area contributed by atoms with E-state index in [1.54, 1.807) is 0 Å². The van der Waals surface area contributed by atoms with E-state index in [4.69, 9.17) is 0 Å². The van der Waals surface area contributed by atoms with Gasteiger partial charge in [0.25, 0.3) is 0 Å². The Morgan fingerprint density at radius 1 is 1.38 bits per heavy atom. The third-order valence-electron chi connectivity index (χ3n) is 1.25. The van der Waals surface area contributed by atoms with Crippen LogP contribution in [-0.2, 0) is 0 Å². The molecule has 0 spiro atoms. The summed E-state index contributed by atoms with van der Waals surface area (Å²) in [6, 6.07) is 0. The second-order valence-corrected chi connectivity index (χ2v) is 1.83. The minimum absolute atomic E-state index is 1.16. The molecule has 0 fully saturated rings. The molecule has 0 saturated carbocycles. The van der Waals surface area contributed by atoms with Crippen molar-refractivity contribution in [3.8, 4) is 0 Å². The monoisotopic (exact) mass is 111 g/mol. The minimum Gasteiger partial charge on any atom is -0.0882 e. The molecule has 0 aliphatic carbocycles. The van der Waals surface area contributed by atoms with E-state index in [9.17, 15) is 0 Å². The van der Waals surface area contributed by atoms with Crippen molar-refractivity contribution in [1.82, 2.24) is 0 Å². The van der Waals surface area contributed by atoms with E-state index < -0.39 is 0 Å². The topological polar surface area (TPSA) is 0 Å². The molecular weight excluding hydrogens is 96.1 g/mol. The van der Waals surface area contributed by atoms with E-state index in [0.717, 1.165) is 6.42 Å². The molecule has 0 aliphatic heterocycles. The fraction of sp³-hybridized carbons (Fsp3) is 0.625. The first-order valence-electron chi connectivity index (χ1n) is 3.33. The normalized spacial score (nSPS) is 12.1. The highest BCUT2D eigenvalue weighted by Gasteiger charge is 1.87. The fourth-order valence-electron chi connectivity index (χ4n) is 0.729. The summed E-state index contributed by atoms with van der Waals surface area (Å²) in [4.78, 5) is 0. The summed E-state index contributed by atoms with van der Waals surface area (Å²) in [6.07, 6.45) is 6.77. The Morgan fingerprint density at radius 2 is 2.00 bits per heavy atom. The standard InChI is InChI=1S/C8H15/c1-4-7-8(5-2)6-3/h5,7H,4,6H2,1-3H3/b8-5+. The van der Waals surface area contributed by atoms with Gasteiger partial charge in [-0.15, -0.1) is 0 Å². The van der Waals surface area contributed by atoms with Crippen molar-refractivity contribution < 1.29 is 0 Å². The smallest absolute Gasteiger partial charge is 0.0141 e. The predicted octanol–water partition coefficient (Wildman–Crippen LogP) is 2.96. The summed E-state index contributed by atoms with van der Waals surface area (Å²) in [5.41, 5.74) is 1.47. The minimum atomic E-state index is 1.16. The summed E-state index contributed by atoms with van der Waals surface area (Å²) >= 11 is 0. The molecule has 0 saturated heterocycles. The molecule has 0 unspecified atom stereocenters. The zero-order chi connectivity index (χ0) is 6.41. The first-order valence-corrected chi connectivity index (χ1v) is 3.33. The van der Waals surface area contributed by atoms with Gasteiger partial charge in [-0.05, 0) is 26.2 Å². The summed E-state index contributed by atoms with van der Waals surface area (Å²) in [7, 11) is 0. The van der Waals surface area contributed by atoms with Crippen molar-refractivity contribution >= 4 is 0 Å². The number of rotatable bonds is 3. The van der Waals surface area contributed by atoms with Crippen LogP contribution in [0.2, 0.25) is 0 Å². The number of hydrogen-bond acceptors (Lipinski definition) is 0. The van der Waals surface area contributed by atoms with Crippen molar-refractivity contribution in [2.45, 2.75) is 33.6 Å². The molecule has 0 nitrogen and oxygen atoms in total. The molecule has 0 aromatic heterocycles. The van der Waals surface area contributed by atoms with E-state index in [-0.39, 0.29) is 0 Å². The van der Waals surface area contributed by atoms with E-state index in [1.165, 1.54) is 12.0 Å². The summed E-state index contributed by atoms with van der Waals surface area (Å²) in [6.45, 7) is 6.44. The number of hydrogen-bond donors (Lipinski definition) is 0. The van der Waals surface area contributed by atoms with E-state index >= 15 is 0 Å². The van der Waals surface area contributed by atoms with Crippen molar-refractivity contribution in [2.75, 3.05) is 0 Å². The zero-order valence-electron chi connectivity index (χ0n) is 6.07. The second kappa shape index (κ2) is 4.89. The van der Waals surface area contributed by atoms with Crippen molar-refractivity contribution in [3.63, 3.8) is 0 Å². The lowest BCUT2D eigenvalue weighted by Gasteiger charge is -1.96. The molecule has 0 aromatic carbocycles. The molecule has 0 N–H and O–H groups in total. The molecule has 0 rings (SSSR count). The molecule has 0 heteroatoms. The van der Waals surface area contributed by atoms with Crippen LogP contribution < -0.4 is 0 Å².